The number of hydrogen-bond donors (Lipinski definition) is 2. The molecule has 0 aliphatic rings. The minimum Gasteiger partial charge on any atom is -0.385 e. The average molecular weight is 389 g/mol. The summed E-state index contributed by atoms with van der Waals surface area (Å²) in [6.07, 6.45) is 1.79. The van der Waals surface area contributed by atoms with Crippen LogP contribution in [-0.4, -0.2) is 17.4 Å². The molecule has 0 spiro atoms. The zero-order valence-corrected chi connectivity index (χ0v) is 14.5. The topological polar surface area (TPSA) is 54.0 Å². The number of pyridine rings is 1. The molecule has 144 valence electrons. The second-order valence-electron chi connectivity index (χ2n) is 5.87. The molecule has 3 rings (SSSR count). The molecule has 3 aromatic rings. The molecule has 1 aromatic heterocycles. The lowest BCUT2D eigenvalue weighted by Gasteiger charge is -2.10. The van der Waals surface area contributed by atoms with Crippen LogP contribution in [0.3, 0.4) is 0 Å². The van der Waals surface area contributed by atoms with Gasteiger partial charge in [-0.25, -0.2) is 17.6 Å². The van der Waals surface area contributed by atoms with Crippen molar-refractivity contribution in [3.8, 4) is 0 Å². The maximum atomic E-state index is 13.7. The molecule has 1 amide bonds. The lowest BCUT2D eigenvalue weighted by molar-refractivity contribution is 0.102. The molecular weight excluding hydrogens is 374 g/mol. The Morgan fingerprint density at radius 2 is 1.71 bits per heavy atom. The molecule has 0 saturated carbocycles. The van der Waals surface area contributed by atoms with Crippen molar-refractivity contribution in [2.75, 3.05) is 17.2 Å². The third-order valence-corrected chi connectivity index (χ3v) is 3.96. The summed E-state index contributed by atoms with van der Waals surface area (Å²) in [5.74, 6) is -5.60. The van der Waals surface area contributed by atoms with Crippen LogP contribution in [0.25, 0.3) is 0 Å². The zero-order valence-electron chi connectivity index (χ0n) is 14.5. The molecule has 2 N–H and O–H groups in total. The van der Waals surface area contributed by atoms with E-state index in [2.05, 4.69) is 15.6 Å². The highest BCUT2D eigenvalue weighted by Gasteiger charge is 2.16. The van der Waals surface area contributed by atoms with E-state index in [4.69, 9.17) is 0 Å². The molecular formula is C20H15F4N3O. The van der Waals surface area contributed by atoms with Gasteiger partial charge in [0.05, 0.1) is 5.69 Å². The van der Waals surface area contributed by atoms with Gasteiger partial charge in [-0.15, -0.1) is 0 Å². The summed E-state index contributed by atoms with van der Waals surface area (Å²) in [5.41, 5.74) is 0.543. The van der Waals surface area contributed by atoms with E-state index < -0.39 is 29.0 Å². The van der Waals surface area contributed by atoms with Crippen LogP contribution < -0.4 is 10.6 Å². The highest BCUT2D eigenvalue weighted by Crippen LogP contribution is 2.20. The van der Waals surface area contributed by atoms with Crippen molar-refractivity contribution < 1.29 is 22.4 Å². The van der Waals surface area contributed by atoms with Gasteiger partial charge in [0.2, 0.25) is 0 Å². The molecule has 2 aromatic carbocycles. The van der Waals surface area contributed by atoms with E-state index in [1.807, 2.05) is 0 Å². The SMILES string of the molecule is O=C(Nc1ccc(F)c(F)c1F)c1cc(NCCc2ccccc2F)ccn1. The van der Waals surface area contributed by atoms with Crippen LogP contribution in [0, 0.1) is 23.3 Å². The lowest BCUT2D eigenvalue weighted by Crippen LogP contribution is -2.16. The Morgan fingerprint density at radius 1 is 0.929 bits per heavy atom. The van der Waals surface area contributed by atoms with Gasteiger partial charge in [-0.05, 0) is 42.3 Å². The summed E-state index contributed by atoms with van der Waals surface area (Å²) < 4.78 is 53.5. The third kappa shape index (κ3) is 4.46. The van der Waals surface area contributed by atoms with E-state index in [0.29, 0.717) is 30.3 Å². The van der Waals surface area contributed by atoms with Crippen molar-refractivity contribution >= 4 is 17.3 Å². The van der Waals surface area contributed by atoms with Crippen LogP contribution in [0.5, 0.6) is 0 Å². The Labute approximate surface area is 158 Å². The number of anilines is 2. The van der Waals surface area contributed by atoms with Crippen LogP contribution in [0.15, 0.2) is 54.7 Å². The number of halogens is 4. The summed E-state index contributed by atoms with van der Waals surface area (Å²) in [4.78, 5) is 16.1. The van der Waals surface area contributed by atoms with Crippen LogP contribution in [0.2, 0.25) is 0 Å². The van der Waals surface area contributed by atoms with E-state index in [-0.39, 0.29) is 11.5 Å². The Morgan fingerprint density at radius 3 is 2.50 bits per heavy atom. The van der Waals surface area contributed by atoms with Crippen molar-refractivity contribution in [2.24, 2.45) is 0 Å². The smallest absolute Gasteiger partial charge is 0.274 e. The van der Waals surface area contributed by atoms with Crippen LogP contribution >= 0.6 is 0 Å². The first kappa shape index (κ1) is 19.3. The van der Waals surface area contributed by atoms with Gasteiger partial charge in [0.1, 0.15) is 11.5 Å². The largest absolute Gasteiger partial charge is 0.385 e. The molecule has 0 aliphatic heterocycles. The predicted molar refractivity (Wildman–Crippen MR) is 97.1 cm³/mol. The number of carbonyl (C=O) groups is 1. The lowest BCUT2D eigenvalue weighted by atomic mass is 10.1. The molecule has 0 aliphatic carbocycles. The van der Waals surface area contributed by atoms with E-state index in [9.17, 15) is 22.4 Å². The van der Waals surface area contributed by atoms with Crippen LogP contribution in [0.4, 0.5) is 28.9 Å². The fourth-order valence-corrected chi connectivity index (χ4v) is 2.52. The summed E-state index contributed by atoms with van der Waals surface area (Å²) in [6.45, 7) is 0.407. The van der Waals surface area contributed by atoms with E-state index >= 15 is 0 Å². The quantitative estimate of drug-likeness (QED) is 0.481. The van der Waals surface area contributed by atoms with Crippen molar-refractivity contribution in [1.82, 2.24) is 4.98 Å². The third-order valence-electron chi connectivity index (χ3n) is 3.96. The second-order valence-corrected chi connectivity index (χ2v) is 5.87. The Kier molecular flexibility index (Phi) is 5.88. The number of benzene rings is 2. The van der Waals surface area contributed by atoms with Crippen LogP contribution in [-0.2, 0) is 6.42 Å². The summed E-state index contributed by atoms with van der Waals surface area (Å²) in [6, 6.07) is 11.1. The summed E-state index contributed by atoms with van der Waals surface area (Å²) in [7, 11) is 0. The Balaban J connectivity index is 1.65. The molecule has 0 atom stereocenters. The molecule has 0 bridgehead atoms. The maximum Gasteiger partial charge on any atom is 0.274 e. The maximum absolute atomic E-state index is 13.7. The molecule has 1 heterocycles. The van der Waals surface area contributed by atoms with Gasteiger partial charge >= 0.3 is 0 Å². The first-order valence-corrected chi connectivity index (χ1v) is 8.34. The molecule has 28 heavy (non-hydrogen) atoms. The second kappa shape index (κ2) is 8.51. The van der Waals surface area contributed by atoms with Crippen molar-refractivity contribution in [3.63, 3.8) is 0 Å². The van der Waals surface area contributed by atoms with Gasteiger partial charge in [0.25, 0.3) is 5.91 Å². The normalized spacial score (nSPS) is 10.6. The van der Waals surface area contributed by atoms with Gasteiger partial charge in [-0.1, -0.05) is 18.2 Å². The number of hydrogen-bond acceptors (Lipinski definition) is 3. The molecule has 0 fully saturated rings. The average Bonchev–Trinajstić information content (AvgIpc) is 2.70. The van der Waals surface area contributed by atoms with Gasteiger partial charge in [0.15, 0.2) is 17.5 Å². The fraction of sp³-hybridized carbons (Fsp3) is 0.100. The minimum atomic E-state index is -1.67. The number of nitrogens with one attached hydrogen (secondary N) is 2. The zero-order chi connectivity index (χ0) is 20.1. The van der Waals surface area contributed by atoms with E-state index in [0.717, 1.165) is 6.07 Å². The number of carbonyl (C=O) groups excluding carboxylic acids is 1. The standard InChI is InChI=1S/C20H15F4N3O/c21-14-4-2-1-3-12(14)7-9-25-13-8-10-26-17(11-13)20(28)27-16-6-5-15(22)18(23)19(16)24/h1-6,8,10-11H,7,9H2,(H,25,26)(H,27,28). The number of rotatable bonds is 6. The van der Waals surface area contributed by atoms with Crippen LogP contribution in [0.1, 0.15) is 16.1 Å². The highest BCUT2D eigenvalue weighted by atomic mass is 19.2. The monoisotopic (exact) mass is 389 g/mol. The molecule has 0 saturated heterocycles. The van der Waals surface area contributed by atoms with E-state index in [1.165, 1.54) is 18.3 Å². The summed E-state index contributed by atoms with van der Waals surface area (Å²) in [5, 5.41) is 5.19. The first-order chi connectivity index (χ1) is 13.5. The van der Waals surface area contributed by atoms with Crippen molar-refractivity contribution in [1.29, 1.82) is 0 Å². The predicted octanol–water partition coefficient (Wildman–Crippen LogP) is 4.54. The molecule has 0 unspecified atom stereocenters. The Bertz CT molecular complexity index is 1010. The highest BCUT2D eigenvalue weighted by molar-refractivity contribution is 6.03. The van der Waals surface area contributed by atoms with Gasteiger partial charge < -0.3 is 10.6 Å². The Hall–Kier alpha value is -3.42. The van der Waals surface area contributed by atoms with Crippen molar-refractivity contribution in [2.45, 2.75) is 6.42 Å². The molecule has 4 nitrogen and oxygen atoms in total. The van der Waals surface area contributed by atoms with Gasteiger partial charge in [0, 0.05) is 18.4 Å². The van der Waals surface area contributed by atoms with Gasteiger partial charge in [-0.3, -0.25) is 9.78 Å². The van der Waals surface area contributed by atoms with E-state index in [1.54, 1.807) is 24.3 Å². The summed E-state index contributed by atoms with van der Waals surface area (Å²) >= 11 is 0. The van der Waals surface area contributed by atoms with Crippen molar-refractivity contribution in [3.05, 3.63) is 89.3 Å². The van der Waals surface area contributed by atoms with Gasteiger partial charge in [-0.2, -0.15) is 0 Å². The number of amides is 1. The number of nitrogens with zero attached hydrogens (tertiary/aromatic N) is 1. The molecule has 0 radical (unpaired) electrons. The molecule has 8 heteroatoms. The fourth-order valence-electron chi connectivity index (χ4n) is 2.52. The number of aromatic nitrogens is 1. The minimum absolute atomic E-state index is 0.0555. The first-order valence-electron chi connectivity index (χ1n) is 8.34.